The highest BCUT2D eigenvalue weighted by atomic mass is 79.9. The third kappa shape index (κ3) is 2.92. The zero-order valence-corrected chi connectivity index (χ0v) is 13.6. The molecule has 2 heterocycles. The highest BCUT2D eigenvalue weighted by Crippen LogP contribution is 2.39. The van der Waals surface area contributed by atoms with Crippen LogP contribution in [0.3, 0.4) is 0 Å². The Morgan fingerprint density at radius 2 is 2.25 bits per heavy atom. The van der Waals surface area contributed by atoms with Crippen molar-refractivity contribution in [1.29, 1.82) is 0 Å². The van der Waals surface area contributed by atoms with Crippen LogP contribution in [0.5, 0.6) is 0 Å². The molecule has 1 fully saturated rings. The first-order valence-electron chi connectivity index (χ1n) is 7.07. The molecule has 0 aliphatic carbocycles. The number of hydrogen-bond acceptors (Lipinski definition) is 5. The molecule has 20 heavy (non-hydrogen) atoms. The Bertz CT molecular complexity index is 426. The van der Waals surface area contributed by atoms with Gasteiger partial charge < -0.3 is 9.47 Å². The number of aromatic nitrogens is 2. The molecule has 0 spiro atoms. The molecular formula is C13H23BrN4O2. The van der Waals surface area contributed by atoms with Gasteiger partial charge in [-0.05, 0) is 29.8 Å². The predicted molar refractivity (Wildman–Crippen MR) is 80.1 cm³/mol. The molecule has 1 atom stereocenters. The van der Waals surface area contributed by atoms with E-state index in [9.17, 15) is 0 Å². The number of rotatable bonds is 6. The Kier molecular flexibility index (Phi) is 5.57. The van der Waals surface area contributed by atoms with Crippen molar-refractivity contribution in [3.63, 3.8) is 0 Å². The van der Waals surface area contributed by atoms with E-state index in [1.165, 1.54) is 0 Å². The SMILES string of the molecule is CCOC1(C(NN)c2c(Br)cnn2CC)CCOCC1. The van der Waals surface area contributed by atoms with E-state index >= 15 is 0 Å². The first kappa shape index (κ1) is 15.9. The van der Waals surface area contributed by atoms with E-state index in [-0.39, 0.29) is 11.6 Å². The molecule has 0 amide bonds. The van der Waals surface area contributed by atoms with Crippen LogP contribution in [-0.2, 0) is 16.0 Å². The monoisotopic (exact) mass is 346 g/mol. The molecule has 1 unspecified atom stereocenters. The second-order valence-electron chi connectivity index (χ2n) is 4.90. The van der Waals surface area contributed by atoms with Gasteiger partial charge in [0.2, 0.25) is 0 Å². The number of ether oxygens (including phenoxy) is 2. The Balaban J connectivity index is 2.39. The van der Waals surface area contributed by atoms with Gasteiger partial charge in [0.05, 0.1) is 28.0 Å². The van der Waals surface area contributed by atoms with E-state index in [0.717, 1.165) is 29.6 Å². The summed E-state index contributed by atoms with van der Waals surface area (Å²) in [6.45, 7) is 6.89. The third-order valence-electron chi connectivity index (χ3n) is 3.87. The van der Waals surface area contributed by atoms with Gasteiger partial charge in [-0.1, -0.05) is 0 Å². The molecule has 0 radical (unpaired) electrons. The molecule has 1 aliphatic heterocycles. The van der Waals surface area contributed by atoms with E-state index in [1.807, 2.05) is 17.8 Å². The molecule has 0 bridgehead atoms. The minimum atomic E-state index is -0.350. The van der Waals surface area contributed by atoms with Crippen LogP contribution in [0.15, 0.2) is 10.7 Å². The van der Waals surface area contributed by atoms with Gasteiger partial charge in [0.25, 0.3) is 0 Å². The zero-order chi connectivity index (χ0) is 14.6. The van der Waals surface area contributed by atoms with Crippen LogP contribution in [-0.4, -0.2) is 35.2 Å². The normalized spacial score (nSPS) is 20.0. The smallest absolute Gasteiger partial charge is 0.0948 e. The largest absolute Gasteiger partial charge is 0.381 e. The molecule has 114 valence electrons. The van der Waals surface area contributed by atoms with Gasteiger partial charge in [-0.3, -0.25) is 10.5 Å². The van der Waals surface area contributed by atoms with Gasteiger partial charge in [0.15, 0.2) is 0 Å². The summed E-state index contributed by atoms with van der Waals surface area (Å²) in [6, 6.07) is -0.122. The average Bonchev–Trinajstić information content (AvgIpc) is 2.82. The standard InChI is InChI=1S/C13H23BrN4O2/c1-3-18-11(10(14)9-16-18)12(17-15)13(20-4-2)5-7-19-8-6-13/h9,12,17H,3-8,15H2,1-2H3. The molecule has 1 saturated heterocycles. The van der Waals surface area contributed by atoms with Crippen molar-refractivity contribution >= 4 is 15.9 Å². The summed E-state index contributed by atoms with van der Waals surface area (Å²) in [5.41, 5.74) is 3.63. The maximum Gasteiger partial charge on any atom is 0.0948 e. The van der Waals surface area contributed by atoms with Crippen LogP contribution in [0.4, 0.5) is 0 Å². The van der Waals surface area contributed by atoms with Crippen molar-refractivity contribution in [2.45, 2.75) is 44.9 Å². The van der Waals surface area contributed by atoms with Gasteiger partial charge in [0.1, 0.15) is 0 Å². The van der Waals surface area contributed by atoms with Crippen LogP contribution in [0.25, 0.3) is 0 Å². The molecule has 2 rings (SSSR count). The number of hydrazine groups is 1. The topological polar surface area (TPSA) is 74.3 Å². The summed E-state index contributed by atoms with van der Waals surface area (Å²) in [5.74, 6) is 5.87. The highest BCUT2D eigenvalue weighted by molar-refractivity contribution is 9.10. The first-order valence-corrected chi connectivity index (χ1v) is 7.86. The maximum absolute atomic E-state index is 6.12. The lowest BCUT2D eigenvalue weighted by atomic mass is 9.84. The number of aryl methyl sites for hydroxylation is 1. The van der Waals surface area contributed by atoms with Gasteiger partial charge >= 0.3 is 0 Å². The Morgan fingerprint density at radius 3 is 2.80 bits per heavy atom. The molecule has 3 N–H and O–H groups in total. The molecule has 0 saturated carbocycles. The van der Waals surface area contributed by atoms with E-state index in [2.05, 4.69) is 33.4 Å². The van der Waals surface area contributed by atoms with Crippen molar-refractivity contribution in [2.75, 3.05) is 19.8 Å². The van der Waals surface area contributed by atoms with Crippen LogP contribution < -0.4 is 11.3 Å². The summed E-state index contributed by atoms with van der Waals surface area (Å²) >= 11 is 3.58. The van der Waals surface area contributed by atoms with Crippen molar-refractivity contribution in [3.05, 3.63) is 16.4 Å². The van der Waals surface area contributed by atoms with Crippen LogP contribution in [0.2, 0.25) is 0 Å². The predicted octanol–water partition coefficient (Wildman–Crippen LogP) is 1.76. The summed E-state index contributed by atoms with van der Waals surface area (Å²) in [6.07, 6.45) is 3.44. The fourth-order valence-electron chi connectivity index (χ4n) is 2.91. The molecular weight excluding hydrogens is 324 g/mol. The van der Waals surface area contributed by atoms with Crippen molar-refractivity contribution < 1.29 is 9.47 Å². The fraction of sp³-hybridized carbons (Fsp3) is 0.769. The third-order valence-corrected chi connectivity index (χ3v) is 4.48. The number of nitrogens with zero attached hydrogens (tertiary/aromatic N) is 2. The average molecular weight is 347 g/mol. The first-order chi connectivity index (χ1) is 9.68. The van der Waals surface area contributed by atoms with Crippen LogP contribution >= 0.6 is 15.9 Å². The molecule has 1 aliphatic rings. The van der Waals surface area contributed by atoms with Crippen molar-refractivity contribution in [3.8, 4) is 0 Å². The van der Waals surface area contributed by atoms with Gasteiger partial charge in [-0.2, -0.15) is 5.10 Å². The van der Waals surface area contributed by atoms with E-state index in [0.29, 0.717) is 19.8 Å². The van der Waals surface area contributed by atoms with Gasteiger partial charge in [-0.25, -0.2) is 5.43 Å². The zero-order valence-electron chi connectivity index (χ0n) is 12.1. The Morgan fingerprint density at radius 1 is 1.55 bits per heavy atom. The number of hydrogen-bond donors (Lipinski definition) is 2. The second kappa shape index (κ2) is 7.00. The van der Waals surface area contributed by atoms with Crippen LogP contribution in [0, 0.1) is 0 Å². The van der Waals surface area contributed by atoms with Crippen LogP contribution in [0.1, 0.15) is 38.4 Å². The van der Waals surface area contributed by atoms with E-state index in [1.54, 1.807) is 0 Å². The highest BCUT2D eigenvalue weighted by Gasteiger charge is 2.44. The van der Waals surface area contributed by atoms with Crippen molar-refractivity contribution in [2.24, 2.45) is 5.84 Å². The summed E-state index contributed by atoms with van der Waals surface area (Å²) in [4.78, 5) is 0. The lowest BCUT2D eigenvalue weighted by molar-refractivity contribution is -0.129. The van der Waals surface area contributed by atoms with Gasteiger partial charge in [-0.15, -0.1) is 0 Å². The molecule has 0 aromatic carbocycles. The van der Waals surface area contributed by atoms with E-state index < -0.39 is 0 Å². The lowest BCUT2D eigenvalue weighted by Crippen LogP contribution is -2.52. The maximum atomic E-state index is 6.12. The molecule has 6 nitrogen and oxygen atoms in total. The molecule has 1 aromatic heterocycles. The number of nitrogens with one attached hydrogen (secondary N) is 1. The van der Waals surface area contributed by atoms with E-state index in [4.69, 9.17) is 15.3 Å². The number of halogens is 1. The Hall–Kier alpha value is -0.470. The summed E-state index contributed by atoms with van der Waals surface area (Å²) in [7, 11) is 0. The lowest BCUT2D eigenvalue weighted by Gasteiger charge is -2.42. The van der Waals surface area contributed by atoms with Crippen molar-refractivity contribution in [1.82, 2.24) is 15.2 Å². The molecule has 7 heteroatoms. The number of nitrogens with two attached hydrogens (primary N) is 1. The molecule has 1 aromatic rings. The van der Waals surface area contributed by atoms with Gasteiger partial charge in [0, 0.05) is 39.2 Å². The fourth-order valence-corrected chi connectivity index (χ4v) is 3.44. The summed E-state index contributed by atoms with van der Waals surface area (Å²) in [5, 5.41) is 4.38. The summed E-state index contributed by atoms with van der Waals surface area (Å²) < 4.78 is 14.5. The quantitative estimate of drug-likeness (QED) is 0.606. The minimum Gasteiger partial charge on any atom is -0.381 e. The second-order valence-corrected chi connectivity index (χ2v) is 5.76. The minimum absolute atomic E-state index is 0.122. The Labute approximate surface area is 128 Å².